The van der Waals surface area contributed by atoms with Crippen LogP contribution in [0.1, 0.15) is 47.3 Å². The first-order valence-electron chi connectivity index (χ1n) is 12.0. The molecule has 2 aromatic rings. The number of β-amino-alcohol motifs (C(OH)–C–C–N with tert-alkyl or cyclic N) is 1. The number of aliphatic hydroxyl groups excluding tert-OH is 1. The van der Waals surface area contributed by atoms with Gasteiger partial charge in [-0.25, -0.2) is 9.97 Å². The smallest absolute Gasteiger partial charge is 0.270 e. The van der Waals surface area contributed by atoms with Gasteiger partial charge in [-0.1, -0.05) is 24.3 Å². The molecule has 33 heavy (non-hydrogen) atoms. The molecule has 1 aromatic carbocycles. The van der Waals surface area contributed by atoms with Crippen LogP contribution in [0.15, 0.2) is 36.7 Å². The molecule has 0 bridgehead atoms. The number of benzene rings is 1. The van der Waals surface area contributed by atoms with E-state index in [0.29, 0.717) is 30.1 Å². The number of nitrogens with zero attached hydrogens (tertiary/aromatic N) is 4. The van der Waals surface area contributed by atoms with E-state index >= 15 is 0 Å². The molecule has 1 aliphatic carbocycles. The third-order valence-corrected chi connectivity index (χ3v) is 6.86. The van der Waals surface area contributed by atoms with Crippen LogP contribution < -0.4 is 10.6 Å². The predicted octanol–water partition coefficient (Wildman–Crippen LogP) is 1.91. The lowest BCUT2D eigenvalue weighted by Crippen LogP contribution is -2.42. The number of aliphatic hydroxyl groups is 1. The van der Waals surface area contributed by atoms with Gasteiger partial charge in [0, 0.05) is 44.3 Å². The van der Waals surface area contributed by atoms with E-state index in [4.69, 9.17) is 0 Å². The van der Waals surface area contributed by atoms with Gasteiger partial charge in [-0.15, -0.1) is 0 Å². The van der Waals surface area contributed by atoms with Crippen LogP contribution in [0.25, 0.3) is 0 Å². The number of carbonyl (C=O) groups is 1. The van der Waals surface area contributed by atoms with Gasteiger partial charge in [-0.05, 0) is 57.3 Å². The first kappa shape index (κ1) is 23.6. The summed E-state index contributed by atoms with van der Waals surface area (Å²) < 4.78 is 0. The summed E-state index contributed by atoms with van der Waals surface area (Å²) in [5.41, 5.74) is 3.01. The lowest BCUT2D eigenvalue weighted by atomic mass is 9.90. The molecule has 178 valence electrons. The minimum absolute atomic E-state index is 0.193. The molecular formula is C25H36N6O2. The molecule has 8 heteroatoms. The topological polar surface area (TPSA) is 93.6 Å². The molecule has 1 atom stereocenters. The highest BCUT2D eigenvalue weighted by molar-refractivity contribution is 5.92. The van der Waals surface area contributed by atoms with E-state index in [1.165, 1.54) is 17.5 Å². The van der Waals surface area contributed by atoms with E-state index in [2.05, 4.69) is 68.8 Å². The fourth-order valence-electron chi connectivity index (χ4n) is 4.88. The molecule has 0 spiro atoms. The van der Waals surface area contributed by atoms with Crippen LogP contribution in [-0.2, 0) is 13.0 Å². The molecule has 0 saturated heterocycles. The van der Waals surface area contributed by atoms with E-state index < -0.39 is 6.10 Å². The van der Waals surface area contributed by atoms with Crippen molar-refractivity contribution in [2.75, 3.05) is 39.0 Å². The van der Waals surface area contributed by atoms with E-state index in [1.807, 2.05) is 0 Å². The van der Waals surface area contributed by atoms with Crippen molar-refractivity contribution in [3.63, 3.8) is 0 Å². The molecule has 0 unspecified atom stereocenters. The highest BCUT2D eigenvalue weighted by Crippen LogP contribution is 2.24. The van der Waals surface area contributed by atoms with Crippen molar-refractivity contribution in [3.05, 3.63) is 53.5 Å². The summed E-state index contributed by atoms with van der Waals surface area (Å²) in [4.78, 5) is 25.6. The molecule has 4 rings (SSSR count). The van der Waals surface area contributed by atoms with Crippen LogP contribution in [0.3, 0.4) is 0 Å². The second-order valence-corrected chi connectivity index (χ2v) is 9.52. The van der Waals surface area contributed by atoms with Gasteiger partial charge in [0.1, 0.15) is 17.8 Å². The molecule has 2 aliphatic rings. The number of fused-ring (bicyclic) bond motifs is 1. The maximum absolute atomic E-state index is 12.6. The quantitative estimate of drug-likeness (QED) is 0.563. The Morgan fingerprint density at radius 3 is 2.70 bits per heavy atom. The Balaban J connectivity index is 1.23. The minimum atomic E-state index is -0.634. The number of anilines is 1. The molecule has 1 aliphatic heterocycles. The number of nitrogens with one attached hydrogen (secondary N) is 2. The normalized spacial score (nSPS) is 21.9. The highest BCUT2D eigenvalue weighted by Gasteiger charge is 2.23. The van der Waals surface area contributed by atoms with Crippen LogP contribution in [0, 0.1) is 0 Å². The van der Waals surface area contributed by atoms with Gasteiger partial charge in [0.15, 0.2) is 0 Å². The summed E-state index contributed by atoms with van der Waals surface area (Å²) in [5, 5.41) is 16.7. The number of rotatable bonds is 8. The second kappa shape index (κ2) is 11.0. The van der Waals surface area contributed by atoms with E-state index in [-0.39, 0.29) is 12.5 Å². The third kappa shape index (κ3) is 6.50. The summed E-state index contributed by atoms with van der Waals surface area (Å²) in [6.07, 6.45) is 6.26. The highest BCUT2D eigenvalue weighted by atomic mass is 16.3. The summed E-state index contributed by atoms with van der Waals surface area (Å²) in [7, 11) is 4.27. The minimum Gasteiger partial charge on any atom is -0.390 e. The lowest BCUT2D eigenvalue weighted by Gasteiger charge is -2.33. The van der Waals surface area contributed by atoms with Gasteiger partial charge in [0.05, 0.1) is 6.10 Å². The van der Waals surface area contributed by atoms with Crippen molar-refractivity contribution < 1.29 is 9.90 Å². The second-order valence-electron chi connectivity index (χ2n) is 9.52. The van der Waals surface area contributed by atoms with Crippen LogP contribution in [-0.4, -0.2) is 82.7 Å². The monoisotopic (exact) mass is 452 g/mol. The molecular weight excluding hydrogens is 416 g/mol. The maximum Gasteiger partial charge on any atom is 0.270 e. The molecule has 1 amide bonds. The Labute approximate surface area is 196 Å². The number of hydrogen-bond acceptors (Lipinski definition) is 7. The van der Waals surface area contributed by atoms with Gasteiger partial charge in [-0.3, -0.25) is 9.69 Å². The van der Waals surface area contributed by atoms with Gasteiger partial charge in [0.2, 0.25) is 0 Å². The Morgan fingerprint density at radius 2 is 1.94 bits per heavy atom. The van der Waals surface area contributed by atoms with E-state index in [1.54, 1.807) is 6.07 Å². The first-order chi connectivity index (χ1) is 16.0. The van der Waals surface area contributed by atoms with Gasteiger partial charge < -0.3 is 20.6 Å². The zero-order valence-corrected chi connectivity index (χ0v) is 19.7. The zero-order valence-electron chi connectivity index (χ0n) is 19.7. The third-order valence-electron chi connectivity index (χ3n) is 6.86. The first-order valence-corrected chi connectivity index (χ1v) is 12.0. The van der Waals surface area contributed by atoms with Crippen molar-refractivity contribution in [1.29, 1.82) is 0 Å². The van der Waals surface area contributed by atoms with Crippen molar-refractivity contribution in [2.24, 2.45) is 0 Å². The summed E-state index contributed by atoms with van der Waals surface area (Å²) >= 11 is 0. The summed E-state index contributed by atoms with van der Waals surface area (Å²) in [6.45, 7) is 2.47. The SMILES string of the molecule is CN(C)C1CCC(Nc2cc(C(=O)NC[C@H](O)CN3CCc4ccccc4C3)ncn2)CC1. The average molecular weight is 453 g/mol. The standard InChI is InChI=1S/C25H36N6O2/c1-30(2)21-9-7-20(8-10-21)29-24-13-23(27-17-28-24)25(33)26-14-22(32)16-31-12-11-18-5-3-4-6-19(18)15-31/h3-6,13,17,20-22,32H,7-12,14-16H2,1-2H3,(H,26,33)(H,27,28,29)/t20?,21?,22-/m0/s1. The molecule has 1 aromatic heterocycles. The maximum atomic E-state index is 12.6. The Kier molecular flexibility index (Phi) is 7.90. The lowest BCUT2D eigenvalue weighted by molar-refractivity contribution is 0.0838. The van der Waals surface area contributed by atoms with Crippen molar-refractivity contribution in [1.82, 2.24) is 25.1 Å². The number of carbonyl (C=O) groups excluding carboxylic acids is 1. The molecule has 1 saturated carbocycles. The predicted molar refractivity (Wildman–Crippen MR) is 129 cm³/mol. The number of amides is 1. The average Bonchev–Trinajstić information content (AvgIpc) is 2.83. The summed E-state index contributed by atoms with van der Waals surface area (Å²) in [6, 6.07) is 11.1. The number of hydrogen-bond donors (Lipinski definition) is 3. The molecule has 1 fully saturated rings. The molecule has 0 radical (unpaired) electrons. The number of aromatic nitrogens is 2. The van der Waals surface area contributed by atoms with Crippen LogP contribution in [0.5, 0.6) is 0 Å². The van der Waals surface area contributed by atoms with Crippen LogP contribution in [0.4, 0.5) is 5.82 Å². The zero-order chi connectivity index (χ0) is 23.2. The van der Waals surface area contributed by atoms with Gasteiger partial charge in [0.25, 0.3) is 5.91 Å². The van der Waals surface area contributed by atoms with Crippen molar-refractivity contribution in [2.45, 2.75) is 56.8 Å². The largest absolute Gasteiger partial charge is 0.390 e. The van der Waals surface area contributed by atoms with Gasteiger partial charge in [-0.2, -0.15) is 0 Å². The Bertz CT molecular complexity index is 929. The fraction of sp³-hybridized carbons (Fsp3) is 0.560. The van der Waals surface area contributed by atoms with Crippen LogP contribution in [0.2, 0.25) is 0 Å². The van der Waals surface area contributed by atoms with Crippen molar-refractivity contribution >= 4 is 11.7 Å². The Morgan fingerprint density at radius 1 is 1.18 bits per heavy atom. The molecule has 2 heterocycles. The molecule has 3 N–H and O–H groups in total. The van der Waals surface area contributed by atoms with Crippen LogP contribution >= 0.6 is 0 Å². The molecule has 8 nitrogen and oxygen atoms in total. The van der Waals surface area contributed by atoms with Gasteiger partial charge >= 0.3 is 0 Å². The van der Waals surface area contributed by atoms with E-state index in [0.717, 1.165) is 45.2 Å². The summed E-state index contributed by atoms with van der Waals surface area (Å²) in [5.74, 6) is 0.385. The fourth-order valence-corrected chi connectivity index (χ4v) is 4.88. The van der Waals surface area contributed by atoms with E-state index in [9.17, 15) is 9.90 Å². The Hall–Kier alpha value is -2.55. The van der Waals surface area contributed by atoms with Crippen molar-refractivity contribution in [3.8, 4) is 0 Å².